The molecule has 2 aromatic rings. The number of amides is 1. The van der Waals surface area contributed by atoms with E-state index < -0.39 is 9.84 Å². The summed E-state index contributed by atoms with van der Waals surface area (Å²) in [6, 6.07) is 9.14. The molecule has 0 saturated carbocycles. The largest absolute Gasteiger partial charge is 0.472 e. The molecule has 1 aliphatic rings. The van der Waals surface area contributed by atoms with Gasteiger partial charge < -0.3 is 14.8 Å². The molecule has 1 aromatic carbocycles. The zero-order valence-electron chi connectivity index (χ0n) is 13.6. The van der Waals surface area contributed by atoms with Crippen LogP contribution < -0.4 is 10.1 Å². The van der Waals surface area contributed by atoms with E-state index in [1.165, 1.54) is 18.3 Å². The molecule has 25 heavy (non-hydrogen) atoms. The average molecular weight is 362 g/mol. The van der Waals surface area contributed by atoms with Gasteiger partial charge in [-0.3, -0.25) is 4.79 Å². The zero-order chi connectivity index (χ0) is 17.9. The van der Waals surface area contributed by atoms with Gasteiger partial charge in [0.25, 0.3) is 5.91 Å². The molecule has 1 aliphatic heterocycles. The number of nitrogens with one attached hydrogen (secondary N) is 1. The molecule has 1 fully saturated rings. The van der Waals surface area contributed by atoms with E-state index >= 15 is 0 Å². The van der Waals surface area contributed by atoms with Crippen LogP contribution >= 0.6 is 0 Å². The Kier molecular flexibility index (Phi) is 5.00. The molecule has 132 valence electrons. The number of pyridine rings is 1. The smallest absolute Gasteiger partial charge is 0.255 e. The van der Waals surface area contributed by atoms with Crippen LogP contribution in [-0.4, -0.2) is 44.9 Å². The van der Waals surface area contributed by atoms with Gasteiger partial charge in [-0.1, -0.05) is 0 Å². The Bertz CT molecular complexity index is 859. The molecular weight excluding hydrogens is 344 g/mol. The van der Waals surface area contributed by atoms with Crippen molar-refractivity contribution in [1.82, 2.24) is 4.98 Å². The molecule has 2 heterocycles. The molecule has 8 heteroatoms. The number of aromatic nitrogens is 1. The number of ether oxygens (including phenoxy) is 2. The van der Waals surface area contributed by atoms with E-state index in [1.807, 2.05) is 0 Å². The third kappa shape index (κ3) is 4.55. The molecule has 1 amide bonds. The van der Waals surface area contributed by atoms with Crippen LogP contribution in [0.5, 0.6) is 5.88 Å². The molecule has 0 aliphatic carbocycles. The topological polar surface area (TPSA) is 94.6 Å². The van der Waals surface area contributed by atoms with Gasteiger partial charge in [0.15, 0.2) is 9.84 Å². The van der Waals surface area contributed by atoms with Crippen LogP contribution in [0.3, 0.4) is 0 Å². The number of carbonyl (C=O) groups is 1. The van der Waals surface area contributed by atoms with Crippen molar-refractivity contribution in [3.63, 3.8) is 0 Å². The standard InChI is InChI=1S/C17H18N2O5S/c1-25(21,22)15-4-2-13(3-5-15)19-17(20)12-6-8-18-16(10-12)24-14-7-9-23-11-14/h2-6,8,10,14H,7,9,11H2,1H3,(H,19,20). The van der Waals surface area contributed by atoms with Gasteiger partial charge in [-0.05, 0) is 30.3 Å². The SMILES string of the molecule is CS(=O)(=O)c1ccc(NC(=O)c2ccnc(OC3CCOC3)c2)cc1. The highest BCUT2D eigenvalue weighted by Crippen LogP contribution is 2.18. The van der Waals surface area contributed by atoms with Crippen LogP contribution in [0.2, 0.25) is 0 Å². The number of rotatable bonds is 5. The average Bonchev–Trinajstić information content (AvgIpc) is 3.08. The Balaban J connectivity index is 1.68. The summed E-state index contributed by atoms with van der Waals surface area (Å²) >= 11 is 0. The lowest BCUT2D eigenvalue weighted by molar-refractivity contribution is 0.102. The fraction of sp³-hybridized carbons (Fsp3) is 0.294. The van der Waals surface area contributed by atoms with Crippen LogP contribution in [0.15, 0.2) is 47.5 Å². The van der Waals surface area contributed by atoms with Gasteiger partial charge in [0, 0.05) is 36.2 Å². The molecule has 1 aromatic heterocycles. The minimum atomic E-state index is -3.27. The molecular formula is C17H18N2O5S. The number of nitrogens with zero attached hydrogens (tertiary/aromatic N) is 1. The molecule has 0 radical (unpaired) electrons. The van der Waals surface area contributed by atoms with Crippen LogP contribution in [0, 0.1) is 0 Å². The predicted molar refractivity (Wildman–Crippen MR) is 91.6 cm³/mol. The van der Waals surface area contributed by atoms with E-state index in [0.717, 1.165) is 12.7 Å². The van der Waals surface area contributed by atoms with Crippen LogP contribution in [0.4, 0.5) is 5.69 Å². The fourth-order valence-corrected chi connectivity index (χ4v) is 3.01. The van der Waals surface area contributed by atoms with Gasteiger partial charge in [-0.25, -0.2) is 13.4 Å². The van der Waals surface area contributed by atoms with Crippen LogP contribution in [0.25, 0.3) is 0 Å². The van der Waals surface area contributed by atoms with Crippen molar-refractivity contribution >= 4 is 21.4 Å². The summed E-state index contributed by atoms with van der Waals surface area (Å²) < 4.78 is 33.8. The second-order valence-electron chi connectivity index (χ2n) is 5.74. The number of anilines is 1. The van der Waals surface area contributed by atoms with Crippen LogP contribution in [-0.2, 0) is 14.6 Å². The second-order valence-corrected chi connectivity index (χ2v) is 7.75. The van der Waals surface area contributed by atoms with E-state index in [0.29, 0.717) is 30.3 Å². The number of hydrogen-bond acceptors (Lipinski definition) is 6. The maximum absolute atomic E-state index is 12.3. The molecule has 7 nitrogen and oxygen atoms in total. The lowest BCUT2D eigenvalue weighted by Crippen LogP contribution is -2.17. The van der Waals surface area contributed by atoms with Crippen molar-refractivity contribution in [3.05, 3.63) is 48.2 Å². The molecule has 1 N–H and O–H groups in total. The molecule has 0 bridgehead atoms. The first kappa shape index (κ1) is 17.4. The van der Waals surface area contributed by atoms with E-state index in [-0.39, 0.29) is 16.9 Å². The molecule has 3 rings (SSSR count). The Morgan fingerprint density at radius 3 is 2.68 bits per heavy atom. The number of carbonyl (C=O) groups excluding carboxylic acids is 1. The summed E-state index contributed by atoms with van der Waals surface area (Å²) in [6.07, 6.45) is 3.39. The van der Waals surface area contributed by atoms with Crippen molar-refractivity contribution in [2.75, 3.05) is 24.8 Å². The van der Waals surface area contributed by atoms with Gasteiger partial charge in [-0.2, -0.15) is 0 Å². The Labute approximate surface area is 145 Å². The summed E-state index contributed by atoms with van der Waals surface area (Å²) in [5, 5.41) is 2.72. The quantitative estimate of drug-likeness (QED) is 0.873. The Morgan fingerprint density at radius 1 is 1.28 bits per heavy atom. The fourth-order valence-electron chi connectivity index (χ4n) is 2.38. The minimum absolute atomic E-state index is 0.0469. The minimum Gasteiger partial charge on any atom is -0.472 e. The zero-order valence-corrected chi connectivity index (χ0v) is 14.5. The molecule has 1 unspecified atom stereocenters. The first-order valence-corrected chi connectivity index (χ1v) is 9.63. The van der Waals surface area contributed by atoms with Gasteiger partial charge in [-0.15, -0.1) is 0 Å². The number of sulfone groups is 1. The molecule has 1 atom stereocenters. The lowest BCUT2D eigenvalue weighted by Gasteiger charge is -2.11. The molecule has 0 spiro atoms. The highest BCUT2D eigenvalue weighted by molar-refractivity contribution is 7.90. The first-order chi connectivity index (χ1) is 11.9. The summed E-state index contributed by atoms with van der Waals surface area (Å²) in [5.74, 6) is 0.0394. The van der Waals surface area contributed by atoms with E-state index in [4.69, 9.17) is 9.47 Å². The highest BCUT2D eigenvalue weighted by Gasteiger charge is 2.18. The van der Waals surface area contributed by atoms with E-state index in [1.54, 1.807) is 24.3 Å². The summed E-state index contributed by atoms with van der Waals surface area (Å²) in [7, 11) is -3.27. The summed E-state index contributed by atoms with van der Waals surface area (Å²) in [6.45, 7) is 1.18. The van der Waals surface area contributed by atoms with Gasteiger partial charge >= 0.3 is 0 Å². The van der Waals surface area contributed by atoms with Gasteiger partial charge in [0.05, 0.1) is 18.1 Å². The van der Waals surface area contributed by atoms with Crippen LogP contribution in [0.1, 0.15) is 16.8 Å². The second kappa shape index (κ2) is 7.20. The van der Waals surface area contributed by atoms with Crippen molar-refractivity contribution in [2.24, 2.45) is 0 Å². The first-order valence-electron chi connectivity index (χ1n) is 7.74. The molecule has 1 saturated heterocycles. The maximum atomic E-state index is 12.3. The number of benzene rings is 1. The normalized spacial score (nSPS) is 17.2. The van der Waals surface area contributed by atoms with Crippen molar-refractivity contribution in [1.29, 1.82) is 0 Å². The lowest BCUT2D eigenvalue weighted by atomic mass is 10.2. The third-order valence-corrected chi connectivity index (χ3v) is 4.84. The van der Waals surface area contributed by atoms with Crippen molar-refractivity contribution < 1.29 is 22.7 Å². The van der Waals surface area contributed by atoms with Crippen molar-refractivity contribution in [3.8, 4) is 5.88 Å². The predicted octanol–water partition coefficient (Wildman–Crippen LogP) is 1.91. The summed E-state index contributed by atoms with van der Waals surface area (Å²) in [5.41, 5.74) is 0.900. The van der Waals surface area contributed by atoms with Gasteiger partial charge in [0.2, 0.25) is 5.88 Å². The Hall–Kier alpha value is -2.45. The third-order valence-electron chi connectivity index (χ3n) is 3.71. The van der Waals surface area contributed by atoms with Gasteiger partial charge in [0.1, 0.15) is 6.10 Å². The summed E-state index contributed by atoms with van der Waals surface area (Å²) in [4.78, 5) is 16.7. The monoisotopic (exact) mass is 362 g/mol. The van der Waals surface area contributed by atoms with Crippen molar-refractivity contribution in [2.45, 2.75) is 17.4 Å². The maximum Gasteiger partial charge on any atom is 0.255 e. The highest BCUT2D eigenvalue weighted by atomic mass is 32.2. The Morgan fingerprint density at radius 2 is 2.04 bits per heavy atom. The van der Waals surface area contributed by atoms with E-state index in [2.05, 4.69) is 10.3 Å². The van der Waals surface area contributed by atoms with E-state index in [9.17, 15) is 13.2 Å². The number of hydrogen-bond donors (Lipinski definition) is 1.